The fourth-order valence-electron chi connectivity index (χ4n) is 2.05. The van der Waals surface area contributed by atoms with E-state index in [-0.39, 0.29) is 24.4 Å². The number of hydrogen-bond acceptors (Lipinski definition) is 4. The molecule has 1 amide bonds. The summed E-state index contributed by atoms with van der Waals surface area (Å²) in [4.78, 5) is 13.7. The van der Waals surface area contributed by atoms with Gasteiger partial charge in [0.1, 0.15) is 0 Å². The Balaban J connectivity index is 2.53. The second-order valence-corrected chi connectivity index (χ2v) is 8.21. The molecule has 1 aromatic heterocycles. The van der Waals surface area contributed by atoms with Crippen molar-refractivity contribution in [1.82, 2.24) is 14.7 Å². The van der Waals surface area contributed by atoms with Gasteiger partial charge in [0, 0.05) is 13.1 Å². The number of rotatable bonds is 4. The molecular weight excluding hydrogens is 441 g/mol. The van der Waals surface area contributed by atoms with Crippen LogP contribution in [-0.2, 0) is 9.84 Å². The monoisotopic (exact) mass is 453 g/mol. The highest BCUT2D eigenvalue weighted by molar-refractivity contribution is 9.10. The van der Waals surface area contributed by atoms with E-state index in [1.165, 1.54) is 29.3 Å². The molecule has 0 spiro atoms. The standard InChI is InChI=1S/C14H14BrCl2N3O3S/c1-3-19(4-2)14(21)20-8-9(15)13(18-20)24(22,23)11-7-5-6-10(16)12(11)17/h5-8H,3-4H2,1-2H3. The summed E-state index contributed by atoms with van der Waals surface area (Å²) in [6.45, 7) is 4.61. The quantitative estimate of drug-likeness (QED) is 0.697. The first-order chi connectivity index (χ1) is 11.2. The normalized spacial score (nSPS) is 11.5. The van der Waals surface area contributed by atoms with Gasteiger partial charge in [-0.15, -0.1) is 0 Å². The van der Waals surface area contributed by atoms with Crippen LogP contribution in [-0.4, -0.2) is 42.2 Å². The number of nitrogens with zero attached hydrogens (tertiary/aromatic N) is 3. The maximum atomic E-state index is 12.8. The van der Waals surface area contributed by atoms with E-state index in [2.05, 4.69) is 21.0 Å². The average Bonchev–Trinajstić information content (AvgIpc) is 2.93. The third kappa shape index (κ3) is 3.46. The van der Waals surface area contributed by atoms with Gasteiger partial charge in [-0.05, 0) is 41.9 Å². The van der Waals surface area contributed by atoms with Gasteiger partial charge in [-0.3, -0.25) is 0 Å². The first-order valence-corrected chi connectivity index (χ1v) is 10.0. The molecule has 0 aliphatic heterocycles. The van der Waals surface area contributed by atoms with Crippen molar-refractivity contribution in [3.63, 3.8) is 0 Å². The van der Waals surface area contributed by atoms with Crippen molar-refractivity contribution in [2.45, 2.75) is 23.8 Å². The van der Waals surface area contributed by atoms with Crippen molar-refractivity contribution in [1.29, 1.82) is 0 Å². The summed E-state index contributed by atoms with van der Waals surface area (Å²) in [7, 11) is -4.04. The number of aromatic nitrogens is 2. The highest BCUT2D eigenvalue weighted by atomic mass is 79.9. The van der Waals surface area contributed by atoms with E-state index in [9.17, 15) is 13.2 Å². The van der Waals surface area contributed by atoms with E-state index in [0.29, 0.717) is 13.1 Å². The molecule has 0 aliphatic carbocycles. The third-order valence-corrected chi connectivity index (χ3v) is 6.83. The van der Waals surface area contributed by atoms with Crippen LogP contribution in [0.2, 0.25) is 10.0 Å². The zero-order chi connectivity index (χ0) is 18.1. The summed E-state index contributed by atoms with van der Waals surface area (Å²) in [5, 5.41) is 3.67. The van der Waals surface area contributed by atoms with Gasteiger partial charge in [-0.2, -0.15) is 9.78 Å². The summed E-state index contributed by atoms with van der Waals surface area (Å²) in [6.07, 6.45) is 1.31. The molecule has 0 radical (unpaired) electrons. The molecule has 10 heteroatoms. The van der Waals surface area contributed by atoms with Crippen molar-refractivity contribution in [2.24, 2.45) is 0 Å². The first-order valence-electron chi connectivity index (χ1n) is 6.97. The molecule has 1 heterocycles. The Morgan fingerprint density at radius 2 is 1.92 bits per heavy atom. The molecule has 0 bridgehead atoms. The van der Waals surface area contributed by atoms with E-state index >= 15 is 0 Å². The Morgan fingerprint density at radius 3 is 2.50 bits per heavy atom. The van der Waals surface area contributed by atoms with E-state index in [0.717, 1.165) is 4.68 Å². The van der Waals surface area contributed by atoms with Crippen LogP contribution in [0.1, 0.15) is 13.8 Å². The Labute approximate surface area is 158 Å². The lowest BCUT2D eigenvalue weighted by Crippen LogP contribution is -2.34. The van der Waals surface area contributed by atoms with Gasteiger partial charge in [0.2, 0.25) is 9.84 Å². The number of benzene rings is 1. The molecule has 24 heavy (non-hydrogen) atoms. The van der Waals surface area contributed by atoms with Crippen LogP contribution in [0, 0.1) is 0 Å². The largest absolute Gasteiger partial charge is 0.344 e. The average molecular weight is 455 g/mol. The van der Waals surface area contributed by atoms with Crippen LogP contribution in [0.5, 0.6) is 0 Å². The lowest BCUT2D eigenvalue weighted by Gasteiger charge is -2.17. The van der Waals surface area contributed by atoms with Crippen LogP contribution in [0.25, 0.3) is 0 Å². The summed E-state index contributed by atoms with van der Waals surface area (Å²) >= 11 is 15.0. The molecular formula is C14H14BrCl2N3O3S. The Hall–Kier alpha value is -1.09. The minimum absolute atomic E-state index is 0.0873. The van der Waals surface area contributed by atoms with Crippen molar-refractivity contribution < 1.29 is 13.2 Å². The smallest absolute Gasteiger partial charge is 0.323 e. The minimum atomic E-state index is -4.04. The second kappa shape index (κ2) is 7.43. The van der Waals surface area contributed by atoms with E-state index < -0.39 is 15.9 Å². The Morgan fingerprint density at radius 1 is 1.29 bits per heavy atom. The first kappa shape index (κ1) is 19.2. The molecule has 6 nitrogen and oxygen atoms in total. The Kier molecular flexibility index (Phi) is 5.95. The molecule has 2 aromatic rings. The molecule has 0 N–H and O–H groups in total. The maximum absolute atomic E-state index is 12.8. The zero-order valence-corrected chi connectivity index (χ0v) is 16.7. The number of carbonyl (C=O) groups excluding carboxylic acids is 1. The molecule has 0 saturated heterocycles. The zero-order valence-electron chi connectivity index (χ0n) is 12.8. The summed E-state index contributed by atoms with van der Waals surface area (Å²) < 4.78 is 26.8. The van der Waals surface area contributed by atoms with E-state index in [4.69, 9.17) is 23.2 Å². The second-order valence-electron chi connectivity index (χ2n) is 4.74. The summed E-state index contributed by atoms with van der Waals surface area (Å²) in [5.41, 5.74) is 0. The van der Waals surface area contributed by atoms with Gasteiger partial charge in [0.25, 0.3) is 0 Å². The molecule has 0 saturated carbocycles. The molecule has 0 atom stereocenters. The van der Waals surface area contributed by atoms with Gasteiger partial charge in [0.15, 0.2) is 5.03 Å². The van der Waals surface area contributed by atoms with Crippen molar-refractivity contribution >= 4 is 55.0 Å². The number of amides is 1. The molecule has 0 fully saturated rings. The highest BCUT2D eigenvalue weighted by Crippen LogP contribution is 2.34. The number of carbonyl (C=O) groups is 1. The minimum Gasteiger partial charge on any atom is -0.323 e. The van der Waals surface area contributed by atoms with Crippen LogP contribution >= 0.6 is 39.1 Å². The van der Waals surface area contributed by atoms with Crippen molar-refractivity contribution in [3.8, 4) is 0 Å². The van der Waals surface area contributed by atoms with Crippen LogP contribution < -0.4 is 0 Å². The molecule has 130 valence electrons. The van der Waals surface area contributed by atoms with Crippen LogP contribution in [0.3, 0.4) is 0 Å². The summed E-state index contributed by atoms with van der Waals surface area (Å²) in [5.74, 6) is 0. The number of hydrogen-bond donors (Lipinski definition) is 0. The summed E-state index contributed by atoms with van der Waals surface area (Å²) in [6, 6.07) is 3.88. The highest BCUT2D eigenvalue weighted by Gasteiger charge is 2.29. The lowest BCUT2D eigenvalue weighted by molar-refractivity contribution is 0.201. The number of sulfone groups is 1. The van der Waals surface area contributed by atoms with Gasteiger partial charge >= 0.3 is 6.03 Å². The van der Waals surface area contributed by atoms with Gasteiger partial charge in [-0.1, -0.05) is 29.3 Å². The maximum Gasteiger partial charge on any atom is 0.344 e. The topological polar surface area (TPSA) is 72.3 Å². The third-order valence-electron chi connectivity index (χ3n) is 3.33. The van der Waals surface area contributed by atoms with Gasteiger partial charge in [-0.25, -0.2) is 13.2 Å². The van der Waals surface area contributed by atoms with Crippen LogP contribution in [0.4, 0.5) is 4.79 Å². The van der Waals surface area contributed by atoms with Gasteiger partial charge < -0.3 is 4.90 Å². The van der Waals surface area contributed by atoms with Crippen molar-refractivity contribution in [2.75, 3.05) is 13.1 Å². The molecule has 2 rings (SSSR count). The van der Waals surface area contributed by atoms with Crippen LogP contribution in [0.15, 0.2) is 38.8 Å². The lowest BCUT2D eigenvalue weighted by atomic mass is 10.4. The van der Waals surface area contributed by atoms with E-state index in [1.54, 1.807) is 0 Å². The van der Waals surface area contributed by atoms with Gasteiger partial charge in [0.05, 0.1) is 25.6 Å². The molecule has 0 aliphatic rings. The SMILES string of the molecule is CCN(CC)C(=O)n1cc(Br)c(S(=O)(=O)c2cccc(Cl)c2Cl)n1. The Bertz CT molecular complexity index is 879. The number of halogens is 3. The fourth-order valence-corrected chi connectivity index (χ4v) is 4.94. The fraction of sp³-hybridized carbons (Fsp3) is 0.286. The molecule has 0 unspecified atom stereocenters. The van der Waals surface area contributed by atoms with Crippen molar-refractivity contribution in [3.05, 3.63) is 38.9 Å². The predicted molar refractivity (Wildman–Crippen MR) is 95.6 cm³/mol. The molecule has 1 aromatic carbocycles. The van der Waals surface area contributed by atoms with E-state index in [1.807, 2.05) is 13.8 Å². The predicted octanol–water partition coefficient (Wildman–Crippen LogP) is 4.10.